The smallest absolute Gasteiger partial charge is 0.328 e. The zero-order valence-corrected chi connectivity index (χ0v) is 15.5. The van der Waals surface area contributed by atoms with Gasteiger partial charge in [-0.1, -0.05) is 30.3 Å². The Hall–Kier alpha value is -3.73. The van der Waals surface area contributed by atoms with E-state index in [9.17, 15) is 9.90 Å². The van der Waals surface area contributed by atoms with E-state index in [2.05, 4.69) is 0 Å². The summed E-state index contributed by atoms with van der Waals surface area (Å²) in [6.07, 6.45) is 2.55. The molecule has 0 saturated heterocycles. The van der Waals surface area contributed by atoms with Crippen molar-refractivity contribution in [3.63, 3.8) is 0 Å². The largest absolute Gasteiger partial charge is 0.507 e. The molecule has 142 valence electrons. The summed E-state index contributed by atoms with van der Waals surface area (Å²) in [7, 11) is 3.18. The van der Waals surface area contributed by atoms with Crippen LogP contribution in [0.3, 0.4) is 0 Å². The van der Waals surface area contributed by atoms with Crippen LogP contribution >= 0.6 is 0 Å². The Morgan fingerprint density at radius 1 is 0.857 bits per heavy atom. The minimum atomic E-state index is -1.03. The molecule has 3 aromatic carbocycles. The summed E-state index contributed by atoms with van der Waals surface area (Å²) in [5.41, 5.74) is 3.84. The first-order chi connectivity index (χ1) is 13.5. The number of hydrogen-bond acceptors (Lipinski definition) is 4. The van der Waals surface area contributed by atoms with E-state index >= 15 is 0 Å². The maximum Gasteiger partial charge on any atom is 0.328 e. The molecule has 0 amide bonds. The molecule has 5 heteroatoms. The van der Waals surface area contributed by atoms with Gasteiger partial charge in [0.2, 0.25) is 0 Å². The molecule has 3 rings (SSSR count). The molecule has 0 fully saturated rings. The van der Waals surface area contributed by atoms with Crippen LogP contribution in [0.15, 0.2) is 66.7 Å². The lowest BCUT2D eigenvalue weighted by molar-refractivity contribution is -0.131. The van der Waals surface area contributed by atoms with E-state index < -0.39 is 5.97 Å². The molecule has 0 bridgehead atoms. The fraction of sp³-hybridized carbons (Fsp3) is 0.0870. The molecule has 0 aliphatic rings. The van der Waals surface area contributed by atoms with Gasteiger partial charge in [0.25, 0.3) is 0 Å². The lowest BCUT2D eigenvalue weighted by Crippen LogP contribution is -1.91. The summed E-state index contributed by atoms with van der Waals surface area (Å²) in [6, 6.07) is 18.2. The van der Waals surface area contributed by atoms with Gasteiger partial charge in [0.1, 0.15) is 17.2 Å². The maximum atomic E-state index is 10.8. The number of hydrogen-bond donors (Lipinski definition) is 2. The summed E-state index contributed by atoms with van der Waals surface area (Å²) < 4.78 is 10.7. The number of carbonyl (C=O) groups is 1. The number of carboxylic acid groups (broad SMARTS) is 1. The van der Waals surface area contributed by atoms with Gasteiger partial charge < -0.3 is 19.7 Å². The van der Waals surface area contributed by atoms with E-state index in [1.807, 2.05) is 36.4 Å². The highest BCUT2D eigenvalue weighted by molar-refractivity contribution is 5.89. The highest BCUT2D eigenvalue weighted by Crippen LogP contribution is 2.39. The number of carboxylic acids is 1. The summed E-state index contributed by atoms with van der Waals surface area (Å²) in [6.45, 7) is 0. The number of aliphatic carboxylic acids is 1. The van der Waals surface area contributed by atoms with Gasteiger partial charge in [-0.05, 0) is 52.6 Å². The maximum absolute atomic E-state index is 10.8. The molecule has 0 aliphatic heterocycles. The zero-order valence-electron chi connectivity index (χ0n) is 15.5. The van der Waals surface area contributed by atoms with Crippen molar-refractivity contribution in [1.82, 2.24) is 0 Å². The first kappa shape index (κ1) is 19.0. The minimum absolute atomic E-state index is 0.106. The Labute approximate surface area is 163 Å². The van der Waals surface area contributed by atoms with Gasteiger partial charge in [-0.15, -0.1) is 0 Å². The van der Waals surface area contributed by atoms with E-state index in [1.54, 1.807) is 38.5 Å². The van der Waals surface area contributed by atoms with E-state index in [1.165, 1.54) is 6.08 Å². The van der Waals surface area contributed by atoms with Gasteiger partial charge in [0.05, 0.1) is 14.2 Å². The molecule has 0 aliphatic carbocycles. The third-order valence-corrected chi connectivity index (χ3v) is 4.32. The Morgan fingerprint density at radius 2 is 1.50 bits per heavy atom. The third kappa shape index (κ3) is 4.15. The second-order valence-corrected chi connectivity index (χ2v) is 6.10. The first-order valence-electron chi connectivity index (χ1n) is 8.58. The van der Waals surface area contributed by atoms with Crippen LogP contribution in [0.5, 0.6) is 17.2 Å². The summed E-state index contributed by atoms with van der Waals surface area (Å²) in [5, 5.41) is 19.3. The first-order valence-corrected chi connectivity index (χ1v) is 8.58. The van der Waals surface area contributed by atoms with Crippen LogP contribution in [0.25, 0.3) is 28.3 Å². The fourth-order valence-electron chi connectivity index (χ4n) is 2.97. The van der Waals surface area contributed by atoms with E-state index in [0.717, 1.165) is 22.8 Å². The lowest BCUT2D eigenvalue weighted by Gasteiger charge is -2.14. The Kier molecular flexibility index (Phi) is 5.65. The SMILES string of the molecule is COc1cc(OC)cc(-c2ccccc2-c2cc(C=CC(=O)O)ccc2O)c1. The number of benzene rings is 3. The molecule has 0 spiro atoms. The molecule has 3 aromatic rings. The predicted octanol–water partition coefficient (Wildman–Crippen LogP) is 4.84. The molecule has 0 atom stereocenters. The van der Waals surface area contributed by atoms with Gasteiger partial charge in [0.15, 0.2) is 0 Å². The van der Waals surface area contributed by atoms with Crippen LogP contribution in [0, 0.1) is 0 Å². The molecule has 0 heterocycles. The van der Waals surface area contributed by atoms with E-state index in [4.69, 9.17) is 14.6 Å². The van der Waals surface area contributed by atoms with E-state index in [-0.39, 0.29) is 5.75 Å². The molecular formula is C23H20O5. The van der Waals surface area contributed by atoms with Crippen molar-refractivity contribution < 1.29 is 24.5 Å². The van der Waals surface area contributed by atoms with Crippen LogP contribution < -0.4 is 9.47 Å². The van der Waals surface area contributed by atoms with Crippen molar-refractivity contribution in [2.75, 3.05) is 14.2 Å². The van der Waals surface area contributed by atoms with Gasteiger partial charge >= 0.3 is 5.97 Å². The summed E-state index contributed by atoms with van der Waals surface area (Å²) in [5.74, 6) is 0.395. The van der Waals surface area contributed by atoms with Crippen molar-refractivity contribution in [2.45, 2.75) is 0 Å². The molecule has 0 radical (unpaired) electrons. The Morgan fingerprint density at radius 3 is 2.11 bits per heavy atom. The van der Waals surface area contributed by atoms with Crippen LogP contribution in [0.2, 0.25) is 0 Å². The van der Waals surface area contributed by atoms with Crippen molar-refractivity contribution in [2.24, 2.45) is 0 Å². The molecule has 0 aromatic heterocycles. The molecule has 0 saturated carbocycles. The summed E-state index contributed by atoms with van der Waals surface area (Å²) >= 11 is 0. The Balaban J connectivity index is 2.16. The average molecular weight is 376 g/mol. The van der Waals surface area contributed by atoms with Gasteiger partial charge in [-0.25, -0.2) is 4.79 Å². The molecular weight excluding hydrogens is 356 g/mol. The van der Waals surface area contributed by atoms with Crippen LogP contribution in [0.1, 0.15) is 5.56 Å². The van der Waals surface area contributed by atoms with Crippen molar-refractivity contribution in [1.29, 1.82) is 0 Å². The number of methoxy groups -OCH3 is 2. The minimum Gasteiger partial charge on any atom is -0.507 e. The molecule has 2 N–H and O–H groups in total. The number of phenolic OH excluding ortho intramolecular Hbond substituents is 1. The van der Waals surface area contributed by atoms with E-state index in [0.29, 0.717) is 22.6 Å². The number of ether oxygens (including phenoxy) is 2. The molecule has 0 unspecified atom stereocenters. The topological polar surface area (TPSA) is 76.0 Å². The van der Waals surface area contributed by atoms with Gasteiger partial charge in [-0.2, -0.15) is 0 Å². The fourth-order valence-corrected chi connectivity index (χ4v) is 2.97. The standard InChI is InChI=1S/C23H20O5/c1-27-17-12-16(13-18(14-17)28-2)19-5-3-4-6-20(19)21-11-15(7-9-22(21)24)8-10-23(25)26/h3-14,24H,1-2H3,(H,25,26). The predicted molar refractivity (Wildman–Crippen MR) is 109 cm³/mol. The monoisotopic (exact) mass is 376 g/mol. The third-order valence-electron chi connectivity index (χ3n) is 4.32. The normalized spacial score (nSPS) is 10.8. The number of phenols is 1. The van der Waals surface area contributed by atoms with Gasteiger partial charge in [-0.3, -0.25) is 0 Å². The average Bonchev–Trinajstić information content (AvgIpc) is 2.72. The second-order valence-electron chi connectivity index (χ2n) is 6.10. The van der Waals surface area contributed by atoms with Crippen molar-refractivity contribution in [3.8, 4) is 39.5 Å². The van der Waals surface area contributed by atoms with Crippen molar-refractivity contribution in [3.05, 3.63) is 72.3 Å². The molecule has 28 heavy (non-hydrogen) atoms. The summed E-state index contributed by atoms with van der Waals surface area (Å²) in [4.78, 5) is 10.8. The highest BCUT2D eigenvalue weighted by Gasteiger charge is 2.13. The quantitative estimate of drug-likeness (QED) is 0.602. The van der Waals surface area contributed by atoms with Crippen LogP contribution in [-0.2, 0) is 4.79 Å². The Bertz CT molecular complexity index is 1010. The van der Waals surface area contributed by atoms with Crippen molar-refractivity contribution >= 4 is 12.0 Å². The zero-order chi connectivity index (χ0) is 20.1. The number of aromatic hydroxyl groups is 1. The second kappa shape index (κ2) is 8.31. The lowest BCUT2D eigenvalue weighted by atomic mass is 9.93. The molecule has 5 nitrogen and oxygen atoms in total. The number of rotatable bonds is 6. The highest BCUT2D eigenvalue weighted by atomic mass is 16.5. The van der Waals surface area contributed by atoms with Crippen LogP contribution in [0.4, 0.5) is 0 Å². The van der Waals surface area contributed by atoms with Gasteiger partial charge in [0, 0.05) is 17.7 Å². The van der Waals surface area contributed by atoms with Crippen LogP contribution in [-0.4, -0.2) is 30.4 Å².